The van der Waals surface area contributed by atoms with Gasteiger partial charge in [-0.25, -0.2) is 13.6 Å². The predicted molar refractivity (Wildman–Crippen MR) is 60.2 cm³/mol. The second-order valence-corrected chi connectivity index (χ2v) is 3.77. The largest absolute Gasteiger partial charge is 0.478 e. The van der Waals surface area contributed by atoms with Crippen LogP contribution in [0.2, 0.25) is 0 Å². The highest BCUT2D eigenvalue weighted by molar-refractivity contribution is 5.95. The van der Waals surface area contributed by atoms with E-state index in [1.54, 1.807) is 12.1 Å². The molecule has 94 valence electrons. The van der Waals surface area contributed by atoms with Gasteiger partial charge in [-0.3, -0.25) is 4.90 Å². The van der Waals surface area contributed by atoms with Crippen LogP contribution in [0.5, 0.6) is 0 Å². The molecule has 0 atom stereocenters. The van der Waals surface area contributed by atoms with Crippen LogP contribution < -0.4 is 5.73 Å². The molecule has 0 unspecified atom stereocenters. The van der Waals surface area contributed by atoms with E-state index in [2.05, 4.69) is 0 Å². The molecule has 0 spiro atoms. The summed E-state index contributed by atoms with van der Waals surface area (Å²) in [4.78, 5) is 12.4. The van der Waals surface area contributed by atoms with Crippen LogP contribution in [0.4, 0.5) is 14.5 Å². The number of hydrogen-bond acceptors (Lipinski definition) is 3. The van der Waals surface area contributed by atoms with Crippen LogP contribution in [0.25, 0.3) is 0 Å². The summed E-state index contributed by atoms with van der Waals surface area (Å²) >= 11 is 0. The Kier molecular flexibility index (Phi) is 4.39. The summed E-state index contributed by atoms with van der Waals surface area (Å²) in [6, 6.07) is 4.65. The molecule has 0 saturated carbocycles. The standard InChI is InChI=1S/C11H14F2N2O2/c1-15(6-9(12)13)5-7-3-2-4-8(14)10(7)11(16)17/h2-4,9H,5-6,14H2,1H3,(H,16,17). The van der Waals surface area contributed by atoms with E-state index in [-0.39, 0.29) is 17.8 Å². The van der Waals surface area contributed by atoms with Crippen molar-refractivity contribution in [3.05, 3.63) is 29.3 Å². The highest BCUT2D eigenvalue weighted by Crippen LogP contribution is 2.18. The van der Waals surface area contributed by atoms with E-state index in [1.165, 1.54) is 18.0 Å². The van der Waals surface area contributed by atoms with Gasteiger partial charge in [0, 0.05) is 12.2 Å². The minimum absolute atomic E-state index is 0.0198. The number of aromatic carboxylic acids is 1. The molecule has 1 rings (SSSR count). The Morgan fingerprint density at radius 3 is 2.71 bits per heavy atom. The summed E-state index contributed by atoms with van der Waals surface area (Å²) in [5.74, 6) is -1.15. The Hall–Kier alpha value is -1.69. The third-order valence-electron chi connectivity index (χ3n) is 2.29. The fraction of sp³-hybridized carbons (Fsp3) is 0.364. The first kappa shape index (κ1) is 13.4. The topological polar surface area (TPSA) is 66.6 Å². The molecule has 0 aliphatic heterocycles. The number of rotatable bonds is 5. The molecule has 0 aliphatic rings. The van der Waals surface area contributed by atoms with Crippen molar-refractivity contribution in [1.82, 2.24) is 4.90 Å². The maximum absolute atomic E-state index is 12.1. The summed E-state index contributed by atoms with van der Waals surface area (Å²) in [5.41, 5.74) is 6.10. The molecule has 0 saturated heterocycles. The molecule has 0 heterocycles. The number of hydrogen-bond donors (Lipinski definition) is 2. The second-order valence-electron chi connectivity index (χ2n) is 3.77. The first-order valence-corrected chi connectivity index (χ1v) is 4.99. The highest BCUT2D eigenvalue weighted by atomic mass is 19.3. The number of anilines is 1. The summed E-state index contributed by atoms with van der Waals surface area (Å²) < 4.78 is 24.3. The molecule has 0 radical (unpaired) electrons. The number of carbonyl (C=O) groups is 1. The SMILES string of the molecule is CN(Cc1cccc(N)c1C(=O)O)CC(F)F. The van der Waals surface area contributed by atoms with Gasteiger partial charge in [0.2, 0.25) is 0 Å². The van der Waals surface area contributed by atoms with Gasteiger partial charge in [-0.2, -0.15) is 0 Å². The Bertz CT molecular complexity index is 410. The first-order chi connectivity index (χ1) is 7.91. The van der Waals surface area contributed by atoms with Crippen molar-refractivity contribution in [3.8, 4) is 0 Å². The quantitative estimate of drug-likeness (QED) is 0.773. The van der Waals surface area contributed by atoms with Gasteiger partial charge in [-0.15, -0.1) is 0 Å². The number of nitrogens with zero attached hydrogens (tertiary/aromatic N) is 1. The Morgan fingerprint density at radius 1 is 1.53 bits per heavy atom. The number of benzene rings is 1. The van der Waals surface area contributed by atoms with E-state index >= 15 is 0 Å². The zero-order valence-electron chi connectivity index (χ0n) is 9.36. The molecule has 1 aromatic rings. The summed E-state index contributed by atoms with van der Waals surface area (Å²) in [6.07, 6.45) is -2.45. The van der Waals surface area contributed by atoms with Crippen molar-refractivity contribution >= 4 is 11.7 Å². The predicted octanol–water partition coefficient (Wildman–Crippen LogP) is 1.66. The molecule has 0 aromatic heterocycles. The molecule has 17 heavy (non-hydrogen) atoms. The van der Waals surface area contributed by atoms with Gasteiger partial charge < -0.3 is 10.8 Å². The average Bonchev–Trinajstić information content (AvgIpc) is 2.15. The van der Waals surface area contributed by atoms with Crippen molar-refractivity contribution < 1.29 is 18.7 Å². The molecular formula is C11H14F2N2O2. The Morgan fingerprint density at radius 2 is 2.18 bits per heavy atom. The first-order valence-electron chi connectivity index (χ1n) is 4.99. The molecule has 4 nitrogen and oxygen atoms in total. The van der Waals surface area contributed by atoms with E-state index in [4.69, 9.17) is 10.8 Å². The average molecular weight is 244 g/mol. The monoisotopic (exact) mass is 244 g/mol. The van der Waals surface area contributed by atoms with Crippen molar-refractivity contribution in [2.24, 2.45) is 0 Å². The zero-order valence-corrected chi connectivity index (χ0v) is 9.36. The fourth-order valence-electron chi connectivity index (χ4n) is 1.60. The smallest absolute Gasteiger partial charge is 0.338 e. The van der Waals surface area contributed by atoms with Crippen LogP contribution >= 0.6 is 0 Å². The van der Waals surface area contributed by atoms with Gasteiger partial charge in [-0.05, 0) is 18.7 Å². The lowest BCUT2D eigenvalue weighted by Crippen LogP contribution is -2.25. The second kappa shape index (κ2) is 5.58. The maximum atomic E-state index is 12.1. The molecule has 3 N–H and O–H groups in total. The van der Waals surface area contributed by atoms with E-state index in [9.17, 15) is 13.6 Å². The fourth-order valence-corrected chi connectivity index (χ4v) is 1.60. The zero-order chi connectivity index (χ0) is 13.0. The van der Waals surface area contributed by atoms with Crippen LogP contribution in [0, 0.1) is 0 Å². The molecule has 0 amide bonds. The number of alkyl halides is 2. The molecular weight excluding hydrogens is 230 g/mol. The summed E-state index contributed by atoms with van der Waals surface area (Å²) in [5, 5.41) is 8.99. The Labute approximate surface area is 97.6 Å². The molecule has 0 bridgehead atoms. The van der Waals surface area contributed by atoms with Crippen LogP contribution in [0.1, 0.15) is 15.9 Å². The van der Waals surface area contributed by atoms with Gasteiger partial charge in [-0.1, -0.05) is 12.1 Å². The lowest BCUT2D eigenvalue weighted by molar-refractivity contribution is 0.0694. The van der Waals surface area contributed by atoms with E-state index in [0.29, 0.717) is 5.56 Å². The third-order valence-corrected chi connectivity index (χ3v) is 2.29. The summed E-state index contributed by atoms with van der Waals surface area (Å²) in [6.45, 7) is -0.287. The normalized spacial score (nSPS) is 11.1. The number of carboxylic acid groups (broad SMARTS) is 1. The number of carboxylic acids is 1. The van der Waals surface area contributed by atoms with Gasteiger partial charge in [0.1, 0.15) is 0 Å². The molecule has 1 aromatic carbocycles. The van der Waals surface area contributed by atoms with E-state index < -0.39 is 18.9 Å². The lowest BCUT2D eigenvalue weighted by Gasteiger charge is -2.17. The van der Waals surface area contributed by atoms with Crippen molar-refractivity contribution in [1.29, 1.82) is 0 Å². The van der Waals surface area contributed by atoms with Crippen LogP contribution in [0.15, 0.2) is 18.2 Å². The van der Waals surface area contributed by atoms with Crippen LogP contribution in [-0.4, -0.2) is 36.0 Å². The van der Waals surface area contributed by atoms with Crippen molar-refractivity contribution in [3.63, 3.8) is 0 Å². The summed E-state index contributed by atoms with van der Waals surface area (Å²) in [7, 11) is 1.50. The minimum atomic E-state index is -2.45. The van der Waals surface area contributed by atoms with E-state index in [1.807, 2.05) is 0 Å². The van der Waals surface area contributed by atoms with Crippen LogP contribution in [0.3, 0.4) is 0 Å². The van der Waals surface area contributed by atoms with Gasteiger partial charge in [0.05, 0.1) is 12.1 Å². The molecule has 6 heteroatoms. The van der Waals surface area contributed by atoms with Crippen LogP contribution in [-0.2, 0) is 6.54 Å². The Balaban J connectivity index is 2.91. The molecule has 0 fully saturated rings. The number of nitrogens with two attached hydrogens (primary N) is 1. The number of halogens is 2. The van der Waals surface area contributed by atoms with Crippen molar-refractivity contribution in [2.45, 2.75) is 13.0 Å². The molecule has 0 aliphatic carbocycles. The highest BCUT2D eigenvalue weighted by Gasteiger charge is 2.16. The van der Waals surface area contributed by atoms with Gasteiger partial charge in [0.15, 0.2) is 0 Å². The lowest BCUT2D eigenvalue weighted by atomic mass is 10.1. The van der Waals surface area contributed by atoms with Gasteiger partial charge >= 0.3 is 5.97 Å². The van der Waals surface area contributed by atoms with Crippen molar-refractivity contribution in [2.75, 3.05) is 19.3 Å². The third kappa shape index (κ3) is 3.67. The maximum Gasteiger partial charge on any atom is 0.338 e. The minimum Gasteiger partial charge on any atom is -0.478 e. The van der Waals surface area contributed by atoms with E-state index in [0.717, 1.165) is 0 Å². The van der Waals surface area contributed by atoms with Gasteiger partial charge in [0.25, 0.3) is 6.43 Å². The number of nitrogen functional groups attached to an aromatic ring is 1.